The molecule has 0 bridgehead atoms. The first-order chi connectivity index (χ1) is 14.2. The predicted octanol–water partition coefficient (Wildman–Crippen LogP) is 7.88. The van der Waals surface area contributed by atoms with Crippen molar-refractivity contribution in [3.8, 4) is 0 Å². The van der Waals surface area contributed by atoms with Crippen LogP contribution in [0.15, 0.2) is 88.3 Å². The lowest BCUT2D eigenvalue weighted by Gasteiger charge is -2.39. The topological polar surface area (TPSA) is 12.0 Å². The van der Waals surface area contributed by atoms with Gasteiger partial charge in [0.1, 0.15) is 0 Å². The number of rotatable bonds is 4. The fraction of sp³-hybridized carbons (Fsp3) is 0.231. The molecule has 2 aliphatic rings. The summed E-state index contributed by atoms with van der Waals surface area (Å²) in [6.07, 6.45) is 5.93. The number of hydrogen-bond acceptors (Lipinski definition) is 2. The van der Waals surface area contributed by atoms with E-state index in [0.29, 0.717) is 17.9 Å². The van der Waals surface area contributed by atoms with Gasteiger partial charge >= 0.3 is 0 Å². The lowest BCUT2D eigenvalue weighted by Crippen LogP contribution is -2.30. The smallest absolute Gasteiger partial charge is 0.0565 e. The second-order valence-corrected chi connectivity index (χ2v) is 9.88. The maximum atomic E-state index is 3.92. The summed E-state index contributed by atoms with van der Waals surface area (Å²) in [7, 11) is 0. The van der Waals surface area contributed by atoms with Crippen molar-refractivity contribution < 1.29 is 0 Å². The Hall–Kier alpha value is -1.97. The molecule has 1 aliphatic heterocycles. The van der Waals surface area contributed by atoms with Crippen LogP contribution >= 0.6 is 27.7 Å². The number of halogens is 1. The first-order valence-electron chi connectivity index (χ1n) is 10.2. The molecule has 0 spiro atoms. The summed E-state index contributed by atoms with van der Waals surface area (Å²) in [5.74, 6) is 2.06. The van der Waals surface area contributed by atoms with Gasteiger partial charge in [0.15, 0.2) is 0 Å². The molecular formula is C26H24BrNS. The standard InChI is InChI=1S/C26H24BrNS/c1-17-14-18(16-29-19-8-3-2-4-9-19)15-23-20-11-7-12-21(20)26(28-25(17)23)22-10-5-6-13-24(22)27/h2-11,13-15,20-21,26,28H,12,16H2,1H3/t20-,21+,26+/m1/s1. The fourth-order valence-electron chi connectivity index (χ4n) is 4.77. The number of anilines is 1. The summed E-state index contributed by atoms with van der Waals surface area (Å²) in [4.78, 5) is 1.33. The largest absolute Gasteiger partial charge is 0.377 e. The molecule has 146 valence electrons. The van der Waals surface area contributed by atoms with Gasteiger partial charge in [-0.3, -0.25) is 0 Å². The predicted molar refractivity (Wildman–Crippen MR) is 128 cm³/mol. The molecule has 3 atom stereocenters. The van der Waals surface area contributed by atoms with E-state index in [1.807, 2.05) is 11.8 Å². The van der Waals surface area contributed by atoms with E-state index in [1.165, 1.54) is 37.3 Å². The van der Waals surface area contributed by atoms with Gasteiger partial charge in [-0.1, -0.05) is 76.6 Å². The molecule has 3 aromatic carbocycles. The van der Waals surface area contributed by atoms with Gasteiger partial charge in [0.25, 0.3) is 0 Å². The minimum atomic E-state index is 0.335. The van der Waals surface area contributed by atoms with Gasteiger partial charge in [0.05, 0.1) is 6.04 Å². The molecule has 1 heterocycles. The van der Waals surface area contributed by atoms with Crippen LogP contribution in [0.2, 0.25) is 0 Å². The van der Waals surface area contributed by atoms with Gasteiger partial charge in [0.2, 0.25) is 0 Å². The Morgan fingerprint density at radius 1 is 1.00 bits per heavy atom. The Morgan fingerprint density at radius 2 is 1.79 bits per heavy atom. The van der Waals surface area contributed by atoms with Gasteiger partial charge in [-0.05, 0) is 59.7 Å². The minimum Gasteiger partial charge on any atom is -0.377 e. The molecule has 0 unspecified atom stereocenters. The summed E-state index contributed by atoms with van der Waals surface area (Å²) in [5, 5.41) is 3.92. The van der Waals surface area contributed by atoms with Crippen LogP contribution in [0, 0.1) is 12.8 Å². The molecule has 0 radical (unpaired) electrons. The monoisotopic (exact) mass is 461 g/mol. The van der Waals surface area contributed by atoms with Crippen molar-refractivity contribution >= 4 is 33.4 Å². The van der Waals surface area contributed by atoms with E-state index in [-0.39, 0.29) is 0 Å². The van der Waals surface area contributed by atoms with E-state index in [2.05, 4.69) is 107 Å². The average molecular weight is 462 g/mol. The molecule has 0 amide bonds. The highest BCUT2D eigenvalue weighted by Crippen LogP contribution is 2.52. The first kappa shape index (κ1) is 19.0. The second-order valence-electron chi connectivity index (χ2n) is 7.98. The molecule has 29 heavy (non-hydrogen) atoms. The summed E-state index contributed by atoms with van der Waals surface area (Å²) < 4.78 is 1.19. The van der Waals surface area contributed by atoms with Crippen LogP contribution in [-0.2, 0) is 5.75 Å². The van der Waals surface area contributed by atoms with E-state index in [9.17, 15) is 0 Å². The minimum absolute atomic E-state index is 0.335. The van der Waals surface area contributed by atoms with Crippen molar-refractivity contribution in [2.24, 2.45) is 5.92 Å². The number of allylic oxidation sites excluding steroid dienone is 2. The Balaban J connectivity index is 1.48. The van der Waals surface area contributed by atoms with Gasteiger partial charge in [-0.2, -0.15) is 0 Å². The first-order valence-corrected chi connectivity index (χ1v) is 12.0. The Bertz CT molecular complexity index is 1060. The lowest BCUT2D eigenvalue weighted by molar-refractivity contribution is 0.424. The van der Waals surface area contributed by atoms with Crippen molar-refractivity contribution in [2.75, 3.05) is 5.32 Å². The highest BCUT2D eigenvalue weighted by Gasteiger charge is 2.39. The molecule has 3 aromatic rings. The molecule has 1 aliphatic carbocycles. The number of thioether (sulfide) groups is 1. The molecule has 5 rings (SSSR count). The number of nitrogens with one attached hydrogen (secondary N) is 1. The molecule has 0 saturated heterocycles. The summed E-state index contributed by atoms with van der Waals surface area (Å²) >= 11 is 5.69. The van der Waals surface area contributed by atoms with Crippen molar-refractivity contribution in [1.82, 2.24) is 0 Å². The molecule has 1 N–H and O–H groups in total. The molecule has 3 heteroatoms. The Kier molecular flexibility index (Phi) is 5.28. The third-order valence-electron chi connectivity index (χ3n) is 6.11. The van der Waals surface area contributed by atoms with Crippen molar-refractivity contribution in [3.05, 3.63) is 106 Å². The number of benzene rings is 3. The molecule has 0 fully saturated rings. The highest BCUT2D eigenvalue weighted by molar-refractivity contribution is 9.10. The van der Waals surface area contributed by atoms with Gasteiger partial charge in [0, 0.05) is 26.7 Å². The van der Waals surface area contributed by atoms with E-state index in [4.69, 9.17) is 0 Å². The van der Waals surface area contributed by atoms with Crippen LogP contribution < -0.4 is 5.32 Å². The van der Waals surface area contributed by atoms with Gasteiger partial charge in [-0.15, -0.1) is 11.8 Å². The van der Waals surface area contributed by atoms with E-state index in [1.54, 1.807) is 0 Å². The van der Waals surface area contributed by atoms with Crippen molar-refractivity contribution in [3.63, 3.8) is 0 Å². The fourth-order valence-corrected chi connectivity index (χ4v) is 6.15. The maximum absolute atomic E-state index is 3.92. The third kappa shape index (κ3) is 3.67. The normalized spacial score (nSPS) is 22.1. The molecule has 0 aromatic heterocycles. The zero-order chi connectivity index (χ0) is 19.8. The summed E-state index contributed by atoms with van der Waals surface area (Å²) in [6, 6.07) is 24.5. The van der Waals surface area contributed by atoms with Crippen molar-refractivity contribution in [2.45, 2.75) is 36.0 Å². The number of fused-ring (bicyclic) bond motifs is 3. The molecule has 0 saturated carbocycles. The van der Waals surface area contributed by atoms with Crippen LogP contribution in [0.25, 0.3) is 0 Å². The number of hydrogen-bond donors (Lipinski definition) is 1. The lowest BCUT2D eigenvalue weighted by atomic mass is 9.76. The average Bonchev–Trinajstić information content (AvgIpc) is 3.24. The summed E-state index contributed by atoms with van der Waals surface area (Å²) in [5.41, 5.74) is 6.92. The Morgan fingerprint density at radius 3 is 2.62 bits per heavy atom. The highest BCUT2D eigenvalue weighted by atomic mass is 79.9. The third-order valence-corrected chi connectivity index (χ3v) is 7.92. The second kappa shape index (κ2) is 8.04. The molecule has 1 nitrogen and oxygen atoms in total. The quantitative estimate of drug-likeness (QED) is 0.313. The van der Waals surface area contributed by atoms with Crippen LogP contribution in [0.4, 0.5) is 5.69 Å². The Labute approximate surface area is 185 Å². The van der Waals surface area contributed by atoms with Gasteiger partial charge < -0.3 is 5.32 Å². The molecular weight excluding hydrogens is 438 g/mol. The van der Waals surface area contributed by atoms with Crippen LogP contribution in [0.1, 0.15) is 40.6 Å². The zero-order valence-corrected chi connectivity index (χ0v) is 18.8. The summed E-state index contributed by atoms with van der Waals surface area (Å²) in [6.45, 7) is 2.25. The van der Waals surface area contributed by atoms with Crippen LogP contribution in [-0.4, -0.2) is 0 Å². The van der Waals surface area contributed by atoms with E-state index in [0.717, 1.165) is 12.2 Å². The van der Waals surface area contributed by atoms with E-state index < -0.39 is 0 Å². The van der Waals surface area contributed by atoms with Crippen molar-refractivity contribution in [1.29, 1.82) is 0 Å². The maximum Gasteiger partial charge on any atom is 0.0565 e. The van der Waals surface area contributed by atoms with Gasteiger partial charge in [-0.25, -0.2) is 0 Å². The van der Waals surface area contributed by atoms with Crippen LogP contribution in [0.5, 0.6) is 0 Å². The SMILES string of the molecule is Cc1cc(CSc2ccccc2)cc2c1N[C@H](c1ccccc1Br)[C@H]1CC=C[C@@H]21. The number of aryl methyl sites for hydroxylation is 1. The van der Waals surface area contributed by atoms with E-state index >= 15 is 0 Å². The zero-order valence-electron chi connectivity index (χ0n) is 16.4. The van der Waals surface area contributed by atoms with Crippen LogP contribution in [0.3, 0.4) is 0 Å².